The number of ether oxygens (including phenoxy) is 1. The summed E-state index contributed by atoms with van der Waals surface area (Å²) in [5.41, 5.74) is 2.50. The molecular formula is C15H11BrFN3O4. The van der Waals surface area contributed by atoms with Crippen LogP contribution in [0.4, 0.5) is 10.1 Å². The van der Waals surface area contributed by atoms with E-state index in [2.05, 4.69) is 26.5 Å². The Bertz CT molecular complexity index is 798. The van der Waals surface area contributed by atoms with Crippen LogP contribution in [0.15, 0.2) is 52.0 Å². The number of nitro groups is 1. The quantitative estimate of drug-likeness (QED) is 0.462. The monoisotopic (exact) mass is 395 g/mol. The number of hydrazone groups is 1. The summed E-state index contributed by atoms with van der Waals surface area (Å²) in [4.78, 5) is 21.8. The molecule has 2 aromatic rings. The lowest BCUT2D eigenvalue weighted by Crippen LogP contribution is -2.24. The fraction of sp³-hybridized carbons (Fsp3) is 0.0667. The minimum absolute atomic E-state index is 0.0415. The van der Waals surface area contributed by atoms with E-state index in [1.165, 1.54) is 36.5 Å². The van der Waals surface area contributed by atoms with E-state index in [4.69, 9.17) is 4.74 Å². The molecule has 0 radical (unpaired) electrons. The number of rotatable bonds is 6. The van der Waals surface area contributed by atoms with E-state index in [0.29, 0.717) is 10.0 Å². The second-order valence-corrected chi connectivity index (χ2v) is 5.33. The number of hydrogen-bond acceptors (Lipinski definition) is 5. The Morgan fingerprint density at radius 1 is 1.38 bits per heavy atom. The fourth-order valence-corrected chi connectivity index (χ4v) is 2.06. The smallest absolute Gasteiger partial charge is 0.284 e. The van der Waals surface area contributed by atoms with Crippen molar-refractivity contribution in [1.29, 1.82) is 0 Å². The topological polar surface area (TPSA) is 93.8 Å². The van der Waals surface area contributed by atoms with Crippen LogP contribution in [0.1, 0.15) is 5.56 Å². The molecule has 7 nitrogen and oxygen atoms in total. The third-order valence-electron chi connectivity index (χ3n) is 2.77. The van der Waals surface area contributed by atoms with Crippen molar-refractivity contribution >= 4 is 33.7 Å². The Morgan fingerprint density at radius 3 is 2.83 bits per heavy atom. The zero-order valence-electron chi connectivity index (χ0n) is 12.1. The molecule has 0 aromatic heterocycles. The molecule has 0 fully saturated rings. The average Bonchev–Trinajstić information content (AvgIpc) is 2.55. The summed E-state index contributed by atoms with van der Waals surface area (Å²) < 4.78 is 18.7. The van der Waals surface area contributed by atoms with E-state index in [0.717, 1.165) is 0 Å². The van der Waals surface area contributed by atoms with Crippen LogP contribution in [-0.2, 0) is 4.79 Å². The minimum atomic E-state index is -0.596. The summed E-state index contributed by atoms with van der Waals surface area (Å²) in [5.74, 6) is -1.21. The van der Waals surface area contributed by atoms with Crippen LogP contribution in [-0.4, -0.2) is 23.7 Å². The van der Waals surface area contributed by atoms with E-state index in [-0.39, 0.29) is 11.4 Å². The van der Waals surface area contributed by atoms with Crippen molar-refractivity contribution < 1.29 is 18.8 Å². The Kier molecular flexibility index (Phi) is 5.96. The lowest BCUT2D eigenvalue weighted by atomic mass is 10.2. The van der Waals surface area contributed by atoms with Crippen molar-refractivity contribution in [1.82, 2.24) is 5.43 Å². The Balaban J connectivity index is 1.90. The van der Waals surface area contributed by atoms with Gasteiger partial charge < -0.3 is 4.74 Å². The highest BCUT2D eigenvalue weighted by atomic mass is 79.9. The Morgan fingerprint density at radius 2 is 2.12 bits per heavy atom. The number of benzene rings is 2. The average molecular weight is 396 g/mol. The third-order valence-corrected chi connectivity index (χ3v) is 3.44. The van der Waals surface area contributed by atoms with Crippen molar-refractivity contribution in [3.63, 3.8) is 0 Å². The van der Waals surface area contributed by atoms with Gasteiger partial charge in [-0.3, -0.25) is 14.9 Å². The third kappa shape index (κ3) is 4.85. The Labute approximate surface area is 144 Å². The molecule has 9 heteroatoms. The molecule has 124 valence electrons. The van der Waals surface area contributed by atoms with Crippen LogP contribution in [0, 0.1) is 15.9 Å². The summed E-state index contributed by atoms with van der Waals surface area (Å²) in [5, 5.41) is 14.5. The van der Waals surface area contributed by atoms with E-state index >= 15 is 0 Å². The maximum absolute atomic E-state index is 13.3. The van der Waals surface area contributed by atoms with Crippen molar-refractivity contribution in [3.05, 3.63) is 68.4 Å². The number of carbonyl (C=O) groups excluding carboxylic acids is 1. The van der Waals surface area contributed by atoms with E-state index in [9.17, 15) is 19.3 Å². The van der Waals surface area contributed by atoms with Crippen molar-refractivity contribution in [3.8, 4) is 5.75 Å². The fourth-order valence-electron chi connectivity index (χ4n) is 1.67. The summed E-state index contributed by atoms with van der Waals surface area (Å²) in [6.07, 6.45) is 1.25. The maximum Gasteiger partial charge on any atom is 0.284 e. The predicted molar refractivity (Wildman–Crippen MR) is 88.4 cm³/mol. The first kappa shape index (κ1) is 17.5. The second kappa shape index (κ2) is 8.16. The van der Waals surface area contributed by atoms with Gasteiger partial charge in [0, 0.05) is 11.6 Å². The number of halogens is 2. The van der Waals surface area contributed by atoms with Gasteiger partial charge in [-0.05, 0) is 34.1 Å². The lowest BCUT2D eigenvalue weighted by Gasteiger charge is -2.05. The molecule has 0 aliphatic carbocycles. The van der Waals surface area contributed by atoms with Gasteiger partial charge in [0.1, 0.15) is 0 Å². The van der Waals surface area contributed by atoms with Crippen LogP contribution in [0.2, 0.25) is 0 Å². The summed E-state index contributed by atoms with van der Waals surface area (Å²) >= 11 is 3.07. The molecule has 24 heavy (non-hydrogen) atoms. The zero-order chi connectivity index (χ0) is 17.5. The summed E-state index contributed by atoms with van der Waals surface area (Å²) in [7, 11) is 0. The molecule has 0 atom stereocenters. The highest BCUT2D eigenvalue weighted by Gasteiger charge is 2.11. The molecule has 0 aliphatic rings. The number of nitrogens with one attached hydrogen (secondary N) is 1. The number of amides is 1. The molecule has 0 spiro atoms. The van der Waals surface area contributed by atoms with Crippen LogP contribution in [0.5, 0.6) is 5.75 Å². The van der Waals surface area contributed by atoms with Gasteiger partial charge in [-0.15, -0.1) is 0 Å². The zero-order valence-corrected chi connectivity index (χ0v) is 13.7. The van der Waals surface area contributed by atoms with Crippen molar-refractivity contribution in [2.75, 3.05) is 6.61 Å². The Hall–Kier alpha value is -2.81. The van der Waals surface area contributed by atoms with Gasteiger partial charge in [0.25, 0.3) is 11.6 Å². The molecule has 0 heterocycles. The van der Waals surface area contributed by atoms with Crippen LogP contribution < -0.4 is 10.2 Å². The molecule has 2 aromatic carbocycles. The van der Waals surface area contributed by atoms with E-state index < -0.39 is 23.3 Å². The normalized spacial score (nSPS) is 10.6. The number of nitro benzene ring substituents is 1. The number of hydrogen-bond donors (Lipinski definition) is 1. The molecular weight excluding hydrogens is 385 g/mol. The van der Waals surface area contributed by atoms with Gasteiger partial charge >= 0.3 is 0 Å². The van der Waals surface area contributed by atoms with Crippen LogP contribution in [0.25, 0.3) is 0 Å². The standard InChI is InChI=1S/C15H11BrFN3O4/c16-11-6-5-10(7-13(11)20(22)23)8-18-19-15(21)9-24-14-4-2-1-3-12(14)17/h1-8H,9H2,(H,19,21)/b18-8-. The minimum Gasteiger partial charge on any atom is -0.481 e. The molecule has 1 amide bonds. The molecule has 0 bridgehead atoms. The van der Waals surface area contributed by atoms with Crippen LogP contribution >= 0.6 is 15.9 Å². The predicted octanol–water partition coefficient (Wildman–Crippen LogP) is 3.03. The van der Waals surface area contributed by atoms with E-state index in [1.54, 1.807) is 12.1 Å². The molecule has 0 aliphatic heterocycles. The van der Waals surface area contributed by atoms with Gasteiger partial charge in [0.05, 0.1) is 15.6 Å². The SMILES string of the molecule is O=C(COc1ccccc1F)N/N=C\c1ccc(Br)c([N+](=O)[O-])c1. The van der Waals surface area contributed by atoms with Crippen molar-refractivity contribution in [2.45, 2.75) is 0 Å². The molecule has 1 N–H and O–H groups in total. The van der Waals surface area contributed by atoms with Crippen LogP contribution in [0.3, 0.4) is 0 Å². The lowest BCUT2D eigenvalue weighted by molar-refractivity contribution is -0.385. The van der Waals surface area contributed by atoms with Crippen molar-refractivity contribution in [2.24, 2.45) is 5.10 Å². The molecule has 0 unspecified atom stereocenters. The number of carbonyl (C=O) groups is 1. The van der Waals surface area contributed by atoms with Gasteiger partial charge in [0.15, 0.2) is 18.2 Å². The largest absolute Gasteiger partial charge is 0.481 e. The van der Waals surface area contributed by atoms with Gasteiger partial charge in [0.2, 0.25) is 0 Å². The first-order valence-corrected chi connectivity index (χ1v) is 7.40. The summed E-state index contributed by atoms with van der Waals surface area (Å²) in [6, 6.07) is 10.1. The van der Waals surface area contributed by atoms with Gasteiger partial charge in [-0.25, -0.2) is 9.82 Å². The first-order valence-electron chi connectivity index (χ1n) is 6.60. The summed E-state index contributed by atoms with van der Waals surface area (Å²) in [6.45, 7) is -0.418. The highest BCUT2D eigenvalue weighted by molar-refractivity contribution is 9.10. The number of nitrogens with zero attached hydrogens (tertiary/aromatic N) is 2. The van der Waals surface area contributed by atoms with E-state index in [1.807, 2.05) is 0 Å². The maximum atomic E-state index is 13.3. The first-order chi connectivity index (χ1) is 11.5. The molecule has 0 saturated heterocycles. The second-order valence-electron chi connectivity index (χ2n) is 4.48. The van der Waals surface area contributed by atoms with Gasteiger partial charge in [-0.1, -0.05) is 18.2 Å². The molecule has 0 saturated carbocycles. The molecule has 2 rings (SSSR count). The highest BCUT2D eigenvalue weighted by Crippen LogP contribution is 2.24. The number of para-hydroxylation sites is 1. The van der Waals surface area contributed by atoms with Gasteiger partial charge in [-0.2, -0.15) is 5.10 Å².